The Bertz CT molecular complexity index is 1020. The van der Waals surface area contributed by atoms with Gasteiger partial charge in [-0.25, -0.2) is 0 Å². The van der Waals surface area contributed by atoms with Crippen LogP contribution in [-0.2, 0) is 22.6 Å². The molecule has 0 saturated carbocycles. The first-order valence-corrected chi connectivity index (χ1v) is 12.6. The SMILES string of the molecule is C=C/C=C/Oc1ccc(CN2C(=O)[C@H](Cc3ccc(OCCC)cc3)NC(=O)[C@@H]2CCCCN)cc1. The Hall–Kier alpha value is -3.58. The fourth-order valence-corrected chi connectivity index (χ4v) is 4.14. The van der Waals surface area contributed by atoms with Crippen molar-refractivity contribution in [2.45, 2.75) is 57.7 Å². The lowest BCUT2D eigenvalue weighted by Gasteiger charge is -2.39. The number of carbonyl (C=O) groups is 2. The van der Waals surface area contributed by atoms with E-state index >= 15 is 0 Å². The van der Waals surface area contributed by atoms with Crippen LogP contribution in [0.2, 0.25) is 0 Å². The van der Waals surface area contributed by atoms with Gasteiger partial charge in [-0.2, -0.15) is 0 Å². The van der Waals surface area contributed by atoms with Crippen molar-refractivity contribution in [1.29, 1.82) is 0 Å². The zero-order valence-electron chi connectivity index (χ0n) is 21.0. The smallest absolute Gasteiger partial charge is 0.246 e. The summed E-state index contributed by atoms with van der Waals surface area (Å²) in [7, 11) is 0. The molecule has 0 spiro atoms. The Labute approximate surface area is 214 Å². The molecule has 2 aromatic rings. The number of nitrogens with one attached hydrogen (secondary N) is 1. The summed E-state index contributed by atoms with van der Waals surface area (Å²) in [5.74, 6) is 1.29. The Balaban J connectivity index is 1.73. The first kappa shape index (κ1) is 27.0. The van der Waals surface area contributed by atoms with Gasteiger partial charge in [-0.05, 0) is 73.7 Å². The third-order valence-electron chi connectivity index (χ3n) is 6.04. The summed E-state index contributed by atoms with van der Waals surface area (Å²) in [4.78, 5) is 28.4. The lowest BCUT2D eigenvalue weighted by Crippen LogP contribution is -2.63. The van der Waals surface area contributed by atoms with Crippen LogP contribution in [0.1, 0.15) is 43.7 Å². The molecule has 0 bridgehead atoms. The average Bonchev–Trinajstić information content (AvgIpc) is 2.89. The molecule has 0 unspecified atom stereocenters. The zero-order valence-corrected chi connectivity index (χ0v) is 21.0. The van der Waals surface area contributed by atoms with Crippen LogP contribution in [0.3, 0.4) is 0 Å². The van der Waals surface area contributed by atoms with E-state index in [1.165, 1.54) is 0 Å². The van der Waals surface area contributed by atoms with Crippen LogP contribution >= 0.6 is 0 Å². The van der Waals surface area contributed by atoms with E-state index in [2.05, 4.69) is 18.8 Å². The number of piperazine rings is 1. The number of allylic oxidation sites excluding steroid dienone is 2. The van der Waals surface area contributed by atoms with Crippen LogP contribution in [0.4, 0.5) is 0 Å². The summed E-state index contributed by atoms with van der Waals surface area (Å²) in [5.41, 5.74) is 7.55. The van der Waals surface area contributed by atoms with E-state index in [1.54, 1.807) is 23.3 Å². The summed E-state index contributed by atoms with van der Waals surface area (Å²) in [6, 6.07) is 14.1. The molecular weight excluding hydrogens is 454 g/mol. The normalized spacial score (nSPS) is 17.8. The lowest BCUT2D eigenvalue weighted by atomic mass is 9.97. The van der Waals surface area contributed by atoms with Gasteiger partial charge >= 0.3 is 0 Å². The second-order valence-corrected chi connectivity index (χ2v) is 8.85. The molecule has 2 amide bonds. The first-order valence-electron chi connectivity index (χ1n) is 12.6. The van der Waals surface area contributed by atoms with Crippen molar-refractivity contribution in [2.75, 3.05) is 13.2 Å². The molecule has 192 valence electrons. The van der Waals surface area contributed by atoms with Gasteiger partial charge in [0.25, 0.3) is 0 Å². The largest absolute Gasteiger partial charge is 0.494 e. The van der Waals surface area contributed by atoms with Crippen LogP contribution < -0.4 is 20.5 Å². The Kier molecular flexibility index (Phi) is 10.6. The van der Waals surface area contributed by atoms with E-state index in [0.29, 0.717) is 38.3 Å². The fraction of sp³-hybridized carbons (Fsp3) is 0.379. The van der Waals surface area contributed by atoms with Crippen molar-refractivity contribution in [3.63, 3.8) is 0 Å². The Morgan fingerprint density at radius 1 is 1.03 bits per heavy atom. The molecule has 36 heavy (non-hydrogen) atoms. The maximum atomic E-state index is 13.6. The number of rotatable bonds is 14. The van der Waals surface area contributed by atoms with Crippen molar-refractivity contribution in [3.8, 4) is 11.5 Å². The molecule has 2 atom stereocenters. The van der Waals surface area contributed by atoms with E-state index in [0.717, 1.165) is 36.1 Å². The third kappa shape index (κ3) is 7.71. The first-order chi connectivity index (χ1) is 17.5. The van der Waals surface area contributed by atoms with Crippen molar-refractivity contribution in [1.82, 2.24) is 10.2 Å². The molecule has 1 aliphatic rings. The minimum atomic E-state index is -0.614. The minimum absolute atomic E-state index is 0.0760. The fourth-order valence-electron chi connectivity index (χ4n) is 4.14. The molecule has 1 heterocycles. The van der Waals surface area contributed by atoms with Gasteiger partial charge in [0.05, 0.1) is 12.9 Å². The maximum Gasteiger partial charge on any atom is 0.246 e. The predicted octanol–water partition coefficient (Wildman–Crippen LogP) is 4.12. The molecule has 0 aromatic heterocycles. The molecule has 2 aromatic carbocycles. The van der Waals surface area contributed by atoms with Crippen molar-refractivity contribution in [2.24, 2.45) is 5.73 Å². The summed E-state index contributed by atoms with van der Waals surface area (Å²) < 4.78 is 11.2. The molecule has 0 aliphatic carbocycles. The van der Waals surface area contributed by atoms with E-state index in [-0.39, 0.29) is 11.8 Å². The van der Waals surface area contributed by atoms with Gasteiger partial charge in [-0.1, -0.05) is 43.8 Å². The third-order valence-corrected chi connectivity index (χ3v) is 6.04. The maximum absolute atomic E-state index is 13.6. The number of nitrogens with two attached hydrogens (primary N) is 1. The predicted molar refractivity (Wildman–Crippen MR) is 142 cm³/mol. The van der Waals surface area contributed by atoms with Crippen LogP contribution in [0.5, 0.6) is 11.5 Å². The number of benzene rings is 2. The molecule has 0 radical (unpaired) electrons. The molecular formula is C29H37N3O4. The standard InChI is InChI=1S/C29H37N3O4/c1-3-5-19-36-25-15-11-23(12-16-25)21-32-27(8-6-7-17-30)28(33)31-26(29(32)34)20-22-9-13-24(14-10-22)35-18-4-2/h3,5,9-16,19,26-27H,1,4,6-8,17-18,20-21,30H2,2H3,(H,31,33)/b19-5+/t26-,27-/m0/s1. The van der Waals surface area contributed by atoms with Gasteiger partial charge in [-0.15, -0.1) is 0 Å². The van der Waals surface area contributed by atoms with E-state index in [9.17, 15) is 9.59 Å². The summed E-state index contributed by atoms with van der Waals surface area (Å²) in [6.07, 6.45) is 8.44. The van der Waals surface area contributed by atoms with Crippen molar-refractivity contribution >= 4 is 11.8 Å². The van der Waals surface area contributed by atoms with E-state index in [1.807, 2.05) is 48.5 Å². The second-order valence-electron chi connectivity index (χ2n) is 8.85. The van der Waals surface area contributed by atoms with E-state index in [4.69, 9.17) is 15.2 Å². The van der Waals surface area contributed by atoms with Gasteiger partial charge in [0.2, 0.25) is 11.8 Å². The Morgan fingerprint density at radius 2 is 1.72 bits per heavy atom. The summed E-state index contributed by atoms with van der Waals surface area (Å²) >= 11 is 0. The number of ether oxygens (including phenoxy) is 2. The highest BCUT2D eigenvalue weighted by Crippen LogP contribution is 2.23. The highest BCUT2D eigenvalue weighted by molar-refractivity contribution is 5.97. The van der Waals surface area contributed by atoms with Gasteiger partial charge in [0, 0.05) is 13.0 Å². The van der Waals surface area contributed by atoms with Gasteiger partial charge < -0.3 is 25.4 Å². The quantitative estimate of drug-likeness (QED) is 0.236. The highest BCUT2D eigenvalue weighted by Gasteiger charge is 2.40. The molecule has 7 nitrogen and oxygen atoms in total. The highest BCUT2D eigenvalue weighted by atomic mass is 16.5. The summed E-state index contributed by atoms with van der Waals surface area (Å²) in [6.45, 7) is 7.25. The number of hydrogen-bond acceptors (Lipinski definition) is 5. The number of hydrogen-bond donors (Lipinski definition) is 2. The Morgan fingerprint density at radius 3 is 2.39 bits per heavy atom. The lowest BCUT2D eigenvalue weighted by molar-refractivity contribution is -0.150. The topological polar surface area (TPSA) is 93.9 Å². The molecule has 1 saturated heterocycles. The van der Waals surface area contributed by atoms with Crippen molar-refractivity contribution < 1.29 is 19.1 Å². The van der Waals surface area contributed by atoms with Gasteiger partial charge in [0.1, 0.15) is 23.6 Å². The molecule has 1 aliphatic heterocycles. The number of amides is 2. The zero-order chi connectivity index (χ0) is 25.8. The van der Waals surface area contributed by atoms with Crippen LogP contribution in [0.25, 0.3) is 0 Å². The number of carbonyl (C=O) groups excluding carboxylic acids is 2. The molecule has 7 heteroatoms. The summed E-state index contributed by atoms with van der Waals surface area (Å²) in [5, 5.41) is 2.97. The second kappa shape index (κ2) is 14.1. The number of nitrogens with zero attached hydrogens (tertiary/aromatic N) is 1. The van der Waals surface area contributed by atoms with Crippen LogP contribution in [0.15, 0.2) is 73.5 Å². The van der Waals surface area contributed by atoms with Gasteiger partial charge in [0.15, 0.2) is 0 Å². The van der Waals surface area contributed by atoms with Gasteiger partial charge in [-0.3, -0.25) is 9.59 Å². The molecule has 1 fully saturated rings. The molecule has 3 rings (SSSR count). The minimum Gasteiger partial charge on any atom is -0.494 e. The number of unbranched alkanes of at least 4 members (excludes halogenated alkanes) is 1. The molecule has 3 N–H and O–H groups in total. The average molecular weight is 492 g/mol. The van der Waals surface area contributed by atoms with Crippen LogP contribution in [-0.4, -0.2) is 41.9 Å². The monoisotopic (exact) mass is 491 g/mol. The van der Waals surface area contributed by atoms with Crippen LogP contribution in [0, 0.1) is 0 Å². The van der Waals surface area contributed by atoms with Crippen molar-refractivity contribution in [3.05, 3.63) is 84.7 Å². The van der Waals surface area contributed by atoms with E-state index < -0.39 is 12.1 Å².